The van der Waals surface area contributed by atoms with Gasteiger partial charge in [-0.15, -0.1) is 0 Å². The Labute approximate surface area is 168 Å². The predicted octanol–water partition coefficient (Wildman–Crippen LogP) is 2.62. The van der Waals surface area contributed by atoms with Crippen LogP contribution in [0.25, 0.3) is 0 Å². The molecular weight excluding hydrogens is 380 g/mol. The molecular formula is C20H23ClN4O3. The summed E-state index contributed by atoms with van der Waals surface area (Å²) >= 11 is 6.11. The van der Waals surface area contributed by atoms with Gasteiger partial charge in [-0.3, -0.25) is 14.6 Å². The fourth-order valence-electron chi connectivity index (χ4n) is 3.90. The van der Waals surface area contributed by atoms with E-state index in [1.54, 1.807) is 24.5 Å². The summed E-state index contributed by atoms with van der Waals surface area (Å²) < 4.78 is 7.49. The number of halogens is 1. The van der Waals surface area contributed by atoms with Crippen molar-refractivity contribution in [3.63, 3.8) is 0 Å². The highest BCUT2D eigenvalue weighted by atomic mass is 35.5. The van der Waals surface area contributed by atoms with Crippen molar-refractivity contribution in [2.75, 3.05) is 13.2 Å². The van der Waals surface area contributed by atoms with Gasteiger partial charge in [0.2, 0.25) is 0 Å². The fourth-order valence-corrected chi connectivity index (χ4v) is 4.08. The number of rotatable bonds is 4. The molecule has 2 aromatic heterocycles. The van der Waals surface area contributed by atoms with E-state index in [4.69, 9.17) is 16.3 Å². The number of hydrogen-bond donors (Lipinski definition) is 1. The van der Waals surface area contributed by atoms with E-state index in [2.05, 4.69) is 17.2 Å². The first-order valence-corrected chi connectivity index (χ1v) is 9.91. The molecule has 2 aromatic rings. The van der Waals surface area contributed by atoms with Gasteiger partial charge < -0.3 is 19.5 Å². The number of amides is 2. The first kappa shape index (κ1) is 19.0. The van der Waals surface area contributed by atoms with Crippen molar-refractivity contribution >= 4 is 23.4 Å². The number of likely N-dealkylation sites (tertiary alicyclic amines) is 1. The van der Waals surface area contributed by atoms with E-state index in [0.29, 0.717) is 36.0 Å². The van der Waals surface area contributed by atoms with Gasteiger partial charge in [0.1, 0.15) is 5.69 Å². The second-order valence-electron chi connectivity index (χ2n) is 7.23. The molecule has 0 saturated carbocycles. The van der Waals surface area contributed by atoms with Crippen LogP contribution in [0.1, 0.15) is 51.9 Å². The van der Waals surface area contributed by atoms with Gasteiger partial charge in [-0.05, 0) is 37.5 Å². The zero-order chi connectivity index (χ0) is 19.7. The number of ether oxygens (including phenoxy) is 1. The molecule has 28 heavy (non-hydrogen) atoms. The molecule has 0 radical (unpaired) electrons. The lowest BCUT2D eigenvalue weighted by Gasteiger charge is -2.24. The monoisotopic (exact) mass is 402 g/mol. The molecule has 8 heteroatoms. The standard InChI is InChI=1S/C20H23ClN4O3/c1-13-3-2-6-24(13)20(27)17-9-15(18-12-28-8-7-25(17)18)19(26)23-10-14-4-5-22-11-16(14)21/h4-5,9,11,13H,2-3,6-8,10,12H2,1H3,(H,23,26). The summed E-state index contributed by atoms with van der Waals surface area (Å²) in [4.78, 5) is 31.8. The van der Waals surface area contributed by atoms with Crippen LogP contribution in [0.5, 0.6) is 0 Å². The number of fused-ring (bicyclic) bond motifs is 1. The third-order valence-electron chi connectivity index (χ3n) is 5.48. The van der Waals surface area contributed by atoms with Crippen molar-refractivity contribution in [2.45, 2.75) is 45.5 Å². The molecule has 1 saturated heterocycles. The van der Waals surface area contributed by atoms with Gasteiger partial charge in [0.25, 0.3) is 11.8 Å². The fraction of sp³-hybridized carbons (Fsp3) is 0.450. The van der Waals surface area contributed by atoms with E-state index in [-0.39, 0.29) is 24.4 Å². The highest BCUT2D eigenvalue weighted by Gasteiger charge is 2.31. The molecule has 1 fully saturated rings. The van der Waals surface area contributed by atoms with Crippen molar-refractivity contribution in [1.82, 2.24) is 19.8 Å². The van der Waals surface area contributed by atoms with Crippen LogP contribution in [0.4, 0.5) is 0 Å². The molecule has 2 aliphatic rings. The van der Waals surface area contributed by atoms with Gasteiger partial charge in [0, 0.05) is 38.1 Å². The largest absolute Gasteiger partial charge is 0.373 e. The van der Waals surface area contributed by atoms with E-state index in [9.17, 15) is 9.59 Å². The number of nitrogens with one attached hydrogen (secondary N) is 1. The summed E-state index contributed by atoms with van der Waals surface area (Å²) in [5, 5.41) is 3.40. The highest BCUT2D eigenvalue weighted by Crippen LogP contribution is 2.25. The van der Waals surface area contributed by atoms with Crippen LogP contribution in [-0.4, -0.2) is 45.5 Å². The molecule has 0 spiro atoms. The van der Waals surface area contributed by atoms with Gasteiger partial charge in [-0.2, -0.15) is 0 Å². The summed E-state index contributed by atoms with van der Waals surface area (Å²) in [6.07, 6.45) is 5.21. The Balaban J connectivity index is 1.58. The summed E-state index contributed by atoms with van der Waals surface area (Å²) in [6.45, 7) is 4.55. The first-order valence-electron chi connectivity index (χ1n) is 9.54. The number of carbonyl (C=O) groups excluding carboxylic acids is 2. The average Bonchev–Trinajstić information content (AvgIpc) is 3.30. The minimum atomic E-state index is -0.240. The Morgan fingerprint density at radius 1 is 1.39 bits per heavy atom. The van der Waals surface area contributed by atoms with E-state index in [0.717, 1.165) is 30.6 Å². The second kappa shape index (κ2) is 7.93. The van der Waals surface area contributed by atoms with Crippen molar-refractivity contribution in [3.05, 3.63) is 52.1 Å². The molecule has 2 aliphatic heterocycles. The molecule has 0 aromatic carbocycles. The topological polar surface area (TPSA) is 76.5 Å². The van der Waals surface area contributed by atoms with Crippen molar-refractivity contribution in [1.29, 1.82) is 0 Å². The Bertz CT molecular complexity index is 911. The molecule has 1 atom stereocenters. The van der Waals surface area contributed by atoms with Gasteiger partial charge in [-0.25, -0.2) is 0 Å². The Morgan fingerprint density at radius 2 is 2.25 bits per heavy atom. The first-order chi connectivity index (χ1) is 13.6. The smallest absolute Gasteiger partial charge is 0.270 e. The number of carbonyl (C=O) groups is 2. The van der Waals surface area contributed by atoms with E-state index in [1.807, 2.05) is 9.47 Å². The van der Waals surface area contributed by atoms with Gasteiger partial charge in [0.05, 0.1) is 29.5 Å². The van der Waals surface area contributed by atoms with Crippen molar-refractivity contribution < 1.29 is 14.3 Å². The summed E-state index contributed by atoms with van der Waals surface area (Å²) in [6, 6.07) is 3.70. The molecule has 0 aliphatic carbocycles. The van der Waals surface area contributed by atoms with E-state index in [1.165, 1.54) is 0 Å². The summed E-state index contributed by atoms with van der Waals surface area (Å²) in [7, 11) is 0. The lowest BCUT2D eigenvalue weighted by molar-refractivity contribution is 0.0684. The molecule has 4 heterocycles. The quantitative estimate of drug-likeness (QED) is 0.852. The van der Waals surface area contributed by atoms with Crippen LogP contribution in [0.3, 0.4) is 0 Å². The Kier molecular flexibility index (Phi) is 5.37. The third kappa shape index (κ3) is 3.52. The molecule has 148 valence electrons. The molecule has 7 nitrogen and oxygen atoms in total. The molecule has 1 N–H and O–H groups in total. The molecule has 1 unspecified atom stereocenters. The average molecular weight is 403 g/mol. The van der Waals surface area contributed by atoms with Crippen LogP contribution in [0.15, 0.2) is 24.5 Å². The summed E-state index contributed by atoms with van der Waals surface area (Å²) in [5.41, 5.74) is 2.59. The van der Waals surface area contributed by atoms with E-state index >= 15 is 0 Å². The molecule has 0 bridgehead atoms. The number of pyridine rings is 1. The SMILES string of the molecule is CC1CCCN1C(=O)c1cc(C(=O)NCc2ccncc2Cl)c2n1CCOC2. The maximum Gasteiger partial charge on any atom is 0.270 e. The van der Waals surface area contributed by atoms with Crippen LogP contribution in [0, 0.1) is 0 Å². The maximum atomic E-state index is 13.1. The lowest BCUT2D eigenvalue weighted by Crippen LogP contribution is -2.35. The van der Waals surface area contributed by atoms with Crippen molar-refractivity contribution in [3.8, 4) is 0 Å². The molecule has 4 rings (SSSR count). The predicted molar refractivity (Wildman–Crippen MR) is 104 cm³/mol. The van der Waals surface area contributed by atoms with Crippen molar-refractivity contribution in [2.24, 2.45) is 0 Å². The molecule has 2 amide bonds. The Morgan fingerprint density at radius 3 is 3.00 bits per heavy atom. The highest BCUT2D eigenvalue weighted by molar-refractivity contribution is 6.31. The van der Waals surface area contributed by atoms with Crippen LogP contribution >= 0.6 is 11.6 Å². The van der Waals surface area contributed by atoms with Gasteiger partial charge >= 0.3 is 0 Å². The minimum absolute atomic E-state index is 0.00984. The van der Waals surface area contributed by atoms with Gasteiger partial charge in [0.15, 0.2) is 0 Å². The van der Waals surface area contributed by atoms with Crippen LogP contribution < -0.4 is 5.32 Å². The Hall–Kier alpha value is -2.38. The minimum Gasteiger partial charge on any atom is -0.373 e. The number of aromatic nitrogens is 2. The zero-order valence-electron chi connectivity index (χ0n) is 15.8. The van der Waals surface area contributed by atoms with E-state index < -0.39 is 0 Å². The van der Waals surface area contributed by atoms with Gasteiger partial charge in [-0.1, -0.05) is 11.6 Å². The van der Waals surface area contributed by atoms with Crippen LogP contribution in [0.2, 0.25) is 5.02 Å². The third-order valence-corrected chi connectivity index (χ3v) is 5.82. The number of hydrogen-bond acceptors (Lipinski definition) is 4. The normalized spacial score (nSPS) is 18.8. The summed E-state index contributed by atoms with van der Waals surface area (Å²) in [5.74, 6) is -0.250. The zero-order valence-corrected chi connectivity index (χ0v) is 16.5. The number of nitrogens with zero attached hydrogens (tertiary/aromatic N) is 3. The second-order valence-corrected chi connectivity index (χ2v) is 7.64. The lowest BCUT2D eigenvalue weighted by atomic mass is 10.2. The maximum absolute atomic E-state index is 13.1. The van der Waals surface area contributed by atoms with Crippen LogP contribution in [-0.2, 0) is 24.4 Å².